The molecule has 0 unspecified atom stereocenters. The molecule has 0 saturated heterocycles. The van der Waals surface area contributed by atoms with E-state index in [1.165, 1.54) is 16.9 Å². The van der Waals surface area contributed by atoms with Gasteiger partial charge in [-0.15, -0.1) is 0 Å². The van der Waals surface area contributed by atoms with E-state index in [1.807, 2.05) is 0 Å². The predicted octanol–water partition coefficient (Wildman–Crippen LogP) is 2.83. The number of nitro groups is 1. The number of carbonyl (C=O) groups excluding carboxylic acids is 1. The zero-order valence-electron chi connectivity index (χ0n) is 12.1. The Bertz CT molecular complexity index is 734. The smallest absolute Gasteiger partial charge is 0.341 e. The Balaban J connectivity index is 2.12. The largest absolute Gasteiger partial charge is 0.462 e. The summed E-state index contributed by atoms with van der Waals surface area (Å²) in [6.07, 6.45) is 3.32. The van der Waals surface area contributed by atoms with Gasteiger partial charge < -0.3 is 4.74 Å². The van der Waals surface area contributed by atoms with Crippen LogP contribution in [-0.4, -0.2) is 27.3 Å². The molecule has 0 aliphatic heterocycles. The van der Waals surface area contributed by atoms with Gasteiger partial charge in [0.1, 0.15) is 11.3 Å². The van der Waals surface area contributed by atoms with E-state index >= 15 is 0 Å². The minimum absolute atomic E-state index is 0.0390. The Kier molecular flexibility index (Phi) is 3.62. The van der Waals surface area contributed by atoms with E-state index in [9.17, 15) is 14.9 Å². The van der Waals surface area contributed by atoms with Crippen molar-refractivity contribution in [3.05, 3.63) is 51.8 Å². The topological polar surface area (TPSA) is 87.3 Å². The molecule has 0 atom stereocenters. The Labute approximate surface area is 126 Å². The lowest BCUT2D eigenvalue weighted by molar-refractivity contribution is -0.384. The molecule has 114 valence electrons. The first-order chi connectivity index (χ1) is 10.6. The fraction of sp³-hybridized carbons (Fsp3) is 0.333. The minimum Gasteiger partial charge on any atom is -0.462 e. The number of para-hydroxylation sites is 2. The molecule has 22 heavy (non-hydrogen) atoms. The van der Waals surface area contributed by atoms with Crippen molar-refractivity contribution in [2.75, 3.05) is 6.61 Å². The van der Waals surface area contributed by atoms with Crippen LogP contribution in [0.3, 0.4) is 0 Å². The van der Waals surface area contributed by atoms with Gasteiger partial charge in [0, 0.05) is 12.0 Å². The second-order valence-electron chi connectivity index (χ2n) is 5.10. The Hall–Kier alpha value is -2.70. The van der Waals surface area contributed by atoms with Gasteiger partial charge >= 0.3 is 5.97 Å². The van der Waals surface area contributed by atoms with E-state index < -0.39 is 10.9 Å². The maximum atomic E-state index is 12.1. The van der Waals surface area contributed by atoms with Crippen molar-refractivity contribution in [3.63, 3.8) is 0 Å². The number of aromatic nitrogens is 2. The van der Waals surface area contributed by atoms with Crippen molar-refractivity contribution in [3.8, 4) is 5.69 Å². The summed E-state index contributed by atoms with van der Waals surface area (Å²) in [5, 5.41) is 15.4. The third kappa shape index (κ3) is 2.45. The van der Waals surface area contributed by atoms with Crippen LogP contribution in [0.4, 0.5) is 5.69 Å². The van der Waals surface area contributed by atoms with Gasteiger partial charge in [-0.05, 0) is 25.8 Å². The summed E-state index contributed by atoms with van der Waals surface area (Å²) in [7, 11) is 0. The van der Waals surface area contributed by atoms with Gasteiger partial charge in [-0.1, -0.05) is 12.1 Å². The number of nitrogens with zero attached hydrogens (tertiary/aromatic N) is 3. The van der Waals surface area contributed by atoms with Crippen molar-refractivity contribution < 1.29 is 14.5 Å². The Morgan fingerprint density at radius 2 is 2.18 bits per heavy atom. The van der Waals surface area contributed by atoms with Crippen LogP contribution in [0, 0.1) is 10.1 Å². The molecular weight excluding hydrogens is 286 g/mol. The van der Waals surface area contributed by atoms with Crippen LogP contribution in [0.25, 0.3) is 5.69 Å². The Morgan fingerprint density at radius 3 is 2.82 bits per heavy atom. The summed E-state index contributed by atoms with van der Waals surface area (Å²) in [6.45, 7) is 2.01. The molecule has 0 radical (unpaired) electrons. The van der Waals surface area contributed by atoms with Gasteiger partial charge in [-0.25, -0.2) is 9.48 Å². The zero-order valence-corrected chi connectivity index (χ0v) is 12.1. The molecule has 1 fully saturated rings. The van der Waals surface area contributed by atoms with Gasteiger partial charge in [-0.3, -0.25) is 10.1 Å². The van der Waals surface area contributed by atoms with E-state index in [4.69, 9.17) is 4.74 Å². The molecule has 1 heterocycles. The number of hydrogen-bond acceptors (Lipinski definition) is 5. The SMILES string of the molecule is CCOC(=O)c1cnn(-c2ccccc2[N+](=O)[O-])c1C1CC1. The van der Waals surface area contributed by atoms with Gasteiger partial charge in [0.15, 0.2) is 0 Å². The van der Waals surface area contributed by atoms with Crippen molar-refractivity contribution in [2.45, 2.75) is 25.7 Å². The molecule has 7 nitrogen and oxygen atoms in total. The number of rotatable bonds is 5. The van der Waals surface area contributed by atoms with Crippen LogP contribution in [0.15, 0.2) is 30.5 Å². The molecule has 1 aliphatic rings. The van der Waals surface area contributed by atoms with Crippen LogP contribution >= 0.6 is 0 Å². The number of nitro benzene ring substituents is 1. The van der Waals surface area contributed by atoms with Crippen molar-refractivity contribution in [2.24, 2.45) is 0 Å². The van der Waals surface area contributed by atoms with Gasteiger partial charge in [0.05, 0.1) is 23.4 Å². The zero-order chi connectivity index (χ0) is 15.7. The summed E-state index contributed by atoms with van der Waals surface area (Å²) in [5.41, 5.74) is 1.42. The summed E-state index contributed by atoms with van der Waals surface area (Å²) >= 11 is 0. The average Bonchev–Trinajstić information content (AvgIpc) is 3.25. The molecule has 1 saturated carbocycles. The average molecular weight is 301 g/mol. The normalized spacial score (nSPS) is 13.9. The van der Waals surface area contributed by atoms with Gasteiger partial charge in [0.25, 0.3) is 5.69 Å². The maximum absolute atomic E-state index is 12.1. The van der Waals surface area contributed by atoms with E-state index in [2.05, 4.69) is 5.10 Å². The number of benzene rings is 1. The molecule has 3 rings (SSSR count). The number of hydrogen-bond donors (Lipinski definition) is 0. The van der Waals surface area contributed by atoms with Crippen LogP contribution in [-0.2, 0) is 4.74 Å². The molecule has 1 aliphatic carbocycles. The third-order valence-corrected chi connectivity index (χ3v) is 3.57. The number of ether oxygens (including phenoxy) is 1. The molecule has 1 aromatic carbocycles. The fourth-order valence-corrected chi connectivity index (χ4v) is 2.46. The van der Waals surface area contributed by atoms with Crippen LogP contribution in [0.2, 0.25) is 0 Å². The fourth-order valence-electron chi connectivity index (χ4n) is 2.46. The van der Waals surface area contributed by atoms with Gasteiger partial charge in [0.2, 0.25) is 0 Å². The van der Waals surface area contributed by atoms with E-state index in [1.54, 1.807) is 25.1 Å². The number of carbonyl (C=O) groups is 1. The quantitative estimate of drug-likeness (QED) is 0.481. The van der Waals surface area contributed by atoms with Gasteiger partial charge in [-0.2, -0.15) is 5.10 Å². The molecule has 0 amide bonds. The monoisotopic (exact) mass is 301 g/mol. The molecule has 0 spiro atoms. The second-order valence-corrected chi connectivity index (χ2v) is 5.10. The lowest BCUT2D eigenvalue weighted by Crippen LogP contribution is -2.10. The van der Waals surface area contributed by atoms with Crippen molar-refractivity contribution in [1.29, 1.82) is 0 Å². The maximum Gasteiger partial charge on any atom is 0.341 e. The van der Waals surface area contributed by atoms with Crippen LogP contribution < -0.4 is 0 Å². The van der Waals surface area contributed by atoms with Crippen LogP contribution in [0.5, 0.6) is 0 Å². The molecule has 0 bridgehead atoms. The predicted molar refractivity (Wildman–Crippen MR) is 78.1 cm³/mol. The first kappa shape index (κ1) is 14.2. The summed E-state index contributed by atoms with van der Waals surface area (Å²) < 4.78 is 6.55. The lowest BCUT2D eigenvalue weighted by Gasteiger charge is -2.09. The molecule has 0 N–H and O–H groups in total. The van der Waals surface area contributed by atoms with E-state index in [0.717, 1.165) is 12.8 Å². The molecule has 7 heteroatoms. The first-order valence-electron chi connectivity index (χ1n) is 7.12. The van der Waals surface area contributed by atoms with Crippen molar-refractivity contribution in [1.82, 2.24) is 9.78 Å². The van der Waals surface area contributed by atoms with E-state index in [-0.39, 0.29) is 18.2 Å². The third-order valence-electron chi connectivity index (χ3n) is 3.57. The standard InChI is InChI=1S/C15H15N3O4/c1-2-22-15(19)11-9-16-17(14(11)10-7-8-10)12-5-3-4-6-13(12)18(20)21/h3-6,9-10H,2,7-8H2,1H3. The molecule has 1 aromatic heterocycles. The summed E-state index contributed by atoms with van der Waals surface area (Å²) in [5.74, 6) is -0.240. The Morgan fingerprint density at radius 1 is 1.45 bits per heavy atom. The van der Waals surface area contributed by atoms with Crippen LogP contribution in [0.1, 0.15) is 41.7 Å². The first-order valence-corrected chi connectivity index (χ1v) is 7.12. The van der Waals surface area contributed by atoms with E-state index in [0.29, 0.717) is 16.9 Å². The lowest BCUT2D eigenvalue weighted by atomic mass is 10.1. The minimum atomic E-state index is -0.447. The highest BCUT2D eigenvalue weighted by Crippen LogP contribution is 2.43. The summed E-state index contributed by atoms with van der Waals surface area (Å²) in [6, 6.07) is 6.38. The van der Waals surface area contributed by atoms with Crippen molar-refractivity contribution >= 4 is 11.7 Å². The molecular formula is C15H15N3O4. The highest BCUT2D eigenvalue weighted by molar-refractivity contribution is 5.91. The highest BCUT2D eigenvalue weighted by atomic mass is 16.6. The molecule has 2 aromatic rings. The second kappa shape index (κ2) is 5.59. The number of esters is 1. The highest BCUT2D eigenvalue weighted by Gasteiger charge is 2.34. The summed E-state index contributed by atoms with van der Waals surface area (Å²) in [4.78, 5) is 22.8.